The molecule has 1 aliphatic heterocycles. The first-order valence-corrected chi connectivity index (χ1v) is 7.02. The summed E-state index contributed by atoms with van der Waals surface area (Å²) in [6.07, 6.45) is 1.95. The summed E-state index contributed by atoms with van der Waals surface area (Å²) in [6, 6.07) is 4.67. The zero-order valence-corrected chi connectivity index (χ0v) is 12.1. The molecule has 1 aromatic carbocycles. The standard InChI is InChI=1S/C15H22FN3O/c1-11-3-4-13(16)9-12(11)10-17-15(20)18-14-5-7-19(2)8-6-14/h3-4,9,14H,5-8,10H2,1-2H3,(H2,17,18,20). The molecule has 0 atom stereocenters. The van der Waals surface area contributed by atoms with Crippen LogP contribution in [0.25, 0.3) is 0 Å². The van der Waals surface area contributed by atoms with E-state index in [1.807, 2.05) is 6.92 Å². The number of hydrogen-bond acceptors (Lipinski definition) is 2. The van der Waals surface area contributed by atoms with Crippen molar-refractivity contribution < 1.29 is 9.18 Å². The number of carbonyl (C=O) groups excluding carboxylic acids is 1. The van der Waals surface area contributed by atoms with Crippen LogP contribution in [0.4, 0.5) is 9.18 Å². The second-order valence-corrected chi connectivity index (χ2v) is 5.48. The van der Waals surface area contributed by atoms with E-state index >= 15 is 0 Å². The van der Waals surface area contributed by atoms with Gasteiger partial charge in [-0.25, -0.2) is 9.18 Å². The maximum atomic E-state index is 13.1. The van der Waals surface area contributed by atoms with Crippen molar-refractivity contribution in [3.63, 3.8) is 0 Å². The van der Waals surface area contributed by atoms with E-state index in [0.29, 0.717) is 6.54 Å². The number of nitrogens with zero attached hydrogens (tertiary/aromatic N) is 1. The number of carbonyl (C=O) groups is 1. The number of halogens is 1. The minimum absolute atomic E-state index is 0.178. The van der Waals surface area contributed by atoms with Crippen LogP contribution < -0.4 is 10.6 Å². The third kappa shape index (κ3) is 4.20. The molecule has 0 spiro atoms. The van der Waals surface area contributed by atoms with E-state index < -0.39 is 0 Å². The Balaban J connectivity index is 1.79. The average Bonchev–Trinajstić information content (AvgIpc) is 2.42. The molecule has 110 valence electrons. The molecule has 2 rings (SSSR count). The summed E-state index contributed by atoms with van der Waals surface area (Å²) in [5, 5.41) is 5.77. The quantitative estimate of drug-likeness (QED) is 0.889. The van der Waals surface area contributed by atoms with E-state index in [2.05, 4.69) is 22.6 Å². The molecule has 0 unspecified atom stereocenters. The lowest BCUT2D eigenvalue weighted by Gasteiger charge is -2.29. The normalized spacial score (nSPS) is 16.9. The lowest BCUT2D eigenvalue weighted by Crippen LogP contribution is -2.46. The highest BCUT2D eigenvalue weighted by Gasteiger charge is 2.18. The fourth-order valence-corrected chi connectivity index (χ4v) is 2.40. The Morgan fingerprint density at radius 1 is 1.40 bits per heavy atom. The van der Waals surface area contributed by atoms with Crippen LogP contribution in [-0.4, -0.2) is 37.1 Å². The number of piperidine rings is 1. The maximum Gasteiger partial charge on any atom is 0.315 e. The third-order valence-electron chi connectivity index (χ3n) is 3.80. The van der Waals surface area contributed by atoms with Gasteiger partial charge in [0.25, 0.3) is 0 Å². The summed E-state index contributed by atoms with van der Waals surface area (Å²) in [6.45, 7) is 4.27. The summed E-state index contributed by atoms with van der Waals surface area (Å²) >= 11 is 0. The largest absolute Gasteiger partial charge is 0.335 e. The maximum absolute atomic E-state index is 13.1. The molecule has 2 amide bonds. The molecule has 2 N–H and O–H groups in total. The van der Waals surface area contributed by atoms with Gasteiger partial charge >= 0.3 is 6.03 Å². The van der Waals surface area contributed by atoms with Crippen molar-refractivity contribution in [3.05, 3.63) is 35.1 Å². The molecule has 1 aromatic rings. The second kappa shape index (κ2) is 6.70. The van der Waals surface area contributed by atoms with Crippen molar-refractivity contribution >= 4 is 6.03 Å². The Morgan fingerprint density at radius 2 is 2.10 bits per heavy atom. The number of rotatable bonds is 3. The van der Waals surface area contributed by atoms with E-state index in [4.69, 9.17) is 0 Å². The van der Waals surface area contributed by atoms with Gasteiger partial charge in [-0.15, -0.1) is 0 Å². The molecular formula is C15H22FN3O. The van der Waals surface area contributed by atoms with Crippen molar-refractivity contribution in [1.29, 1.82) is 0 Å². The van der Waals surface area contributed by atoms with Crippen LogP contribution in [-0.2, 0) is 6.54 Å². The Kier molecular flexibility index (Phi) is 4.95. The first kappa shape index (κ1) is 14.8. The van der Waals surface area contributed by atoms with Gasteiger partial charge in [-0.05, 0) is 63.2 Å². The molecule has 0 bridgehead atoms. The van der Waals surface area contributed by atoms with E-state index in [-0.39, 0.29) is 17.9 Å². The van der Waals surface area contributed by atoms with Gasteiger partial charge in [-0.2, -0.15) is 0 Å². The molecular weight excluding hydrogens is 257 g/mol. The summed E-state index contributed by atoms with van der Waals surface area (Å²) < 4.78 is 13.1. The number of likely N-dealkylation sites (tertiary alicyclic amines) is 1. The van der Waals surface area contributed by atoms with Crippen molar-refractivity contribution in [3.8, 4) is 0 Å². The van der Waals surface area contributed by atoms with Crippen LogP contribution >= 0.6 is 0 Å². The van der Waals surface area contributed by atoms with Crippen molar-refractivity contribution in [1.82, 2.24) is 15.5 Å². The first-order chi connectivity index (χ1) is 9.54. The van der Waals surface area contributed by atoms with Crippen LogP contribution in [0.5, 0.6) is 0 Å². The molecule has 1 saturated heterocycles. The van der Waals surface area contributed by atoms with Crippen LogP contribution in [0.2, 0.25) is 0 Å². The Morgan fingerprint density at radius 3 is 2.80 bits per heavy atom. The Hall–Kier alpha value is -1.62. The van der Waals surface area contributed by atoms with Gasteiger partial charge in [-0.1, -0.05) is 6.07 Å². The molecule has 0 saturated carbocycles. The van der Waals surface area contributed by atoms with E-state index in [1.54, 1.807) is 6.07 Å². The highest BCUT2D eigenvalue weighted by Crippen LogP contribution is 2.10. The van der Waals surface area contributed by atoms with Crippen LogP contribution in [0, 0.1) is 12.7 Å². The number of amides is 2. The summed E-state index contributed by atoms with van der Waals surface area (Å²) in [5.41, 5.74) is 1.79. The fourth-order valence-electron chi connectivity index (χ4n) is 2.40. The van der Waals surface area contributed by atoms with E-state index in [1.165, 1.54) is 12.1 Å². The minimum atomic E-state index is -0.275. The number of benzene rings is 1. The highest BCUT2D eigenvalue weighted by atomic mass is 19.1. The SMILES string of the molecule is Cc1ccc(F)cc1CNC(=O)NC1CCN(C)CC1. The van der Waals surface area contributed by atoms with Crippen molar-refractivity contribution in [2.24, 2.45) is 0 Å². The van der Waals surface area contributed by atoms with Gasteiger partial charge in [0.1, 0.15) is 5.82 Å². The Bertz CT molecular complexity index is 470. The van der Waals surface area contributed by atoms with Crippen LogP contribution in [0.3, 0.4) is 0 Å². The van der Waals surface area contributed by atoms with Crippen LogP contribution in [0.1, 0.15) is 24.0 Å². The third-order valence-corrected chi connectivity index (χ3v) is 3.80. The van der Waals surface area contributed by atoms with Gasteiger partial charge < -0.3 is 15.5 Å². The van der Waals surface area contributed by atoms with Crippen molar-refractivity contribution in [2.45, 2.75) is 32.4 Å². The van der Waals surface area contributed by atoms with Gasteiger partial charge in [0.05, 0.1) is 0 Å². The van der Waals surface area contributed by atoms with Crippen LogP contribution in [0.15, 0.2) is 18.2 Å². The molecule has 20 heavy (non-hydrogen) atoms. The van der Waals surface area contributed by atoms with Gasteiger partial charge in [0, 0.05) is 12.6 Å². The molecule has 4 nitrogen and oxygen atoms in total. The fraction of sp³-hybridized carbons (Fsp3) is 0.533. The van der Waals surface area contributed by atoms with E-state index in [9.17, 15) is 9.18 Å². The smallest absolute Gasteiger partial charge is 0.315 e. The minimum Gasteiger partial charge on any atom is -0.335 e. The topological polar surface area (TPSA) is 44.4 Å². The number of aryl methyl sites for hydroxylation is 1. The number of nitrogens with one attached hydrogen (secondary N) is 2. The number of hydrogen-bond donors (Lipinski definition) is 2. The molecule has 1 aliphatic rings. The molecule has 1 fully saturated rings. The lowest BCUT2D eigenvalue weighted by molar-refractivity contribution is 0.213. The lowest BCUT2D eigenvalue weighted by atomic mass is 10.1. The number of urea groups is 1. The first-order valence-electron chi connectivity index (χ1n) is 7.02. The summed E-state index contributed by atoms with van der Waals surface area (Å²) in [4.78, 5) is 14.1. The predicted molar refractivity (Wildman–Crippen MR) is 77.0 cm³/mol. The highest BCUT2D eigenvalue weighted by molar-refractivity contribution is 5.74. The van der Waals surface area contributed by atoms with Crippen molar-refractivity contribution in [2.75, 3.05) is 20.1 Å². The summed E-state index contributed by atoms with van der Waals surface area (Å²) in [5.74, 6) is -0.275. The monoisotopic (exact) mass is 279 g/mol. The van der Waals surface area contributed by atoms with Gasteiger partial charge in [0.2, 0.25) is 0 Å². The predicted octanol–water partition coefficient (Wildman–Crippen LogP) is 2.03. The zero-order valence-electron chi connectivity index (χ0n) is 12.1. The Labute approximate surface area is 119 Å². The molecule has 0 aliphatic carbocycles. The van der Waals surface area contributed by atoms with Gasteiger partial charge in [-0.3, -0.25) is 0 Å². The second-order valence-electron chi connectivity index (χ2n) is 5.48. The van der Waals surface area contributed by atoms with Gasteiger partial charge in [0.15, 0.2) is 0 Å². The molecule has 0 radical (unpaired) electrons. The van der Waals surface area contributed by atoms with E-state index in [0.717, 1.165) is 37.1 Å². The molecule has 1 heterocycles. The zero-order chi connectivity index (χ0) is 14.5. The average molecular weight is 279 g/mol. The summed E-state index contributed by atoms with van der Waals surface area (Å²) in [7, 11) is 2.09. The molecule has 5 heteroatoms. The molecule has 0 aromatic heterocycles.